The summed E-state index contributed by atoms with van der Waals surface area (Å²) in [4.78, 5) is 0. The van der Waals surface area contributed by atoms with Gasteiger partial charge in [-0.1, -0.05) is 0 Å². The van der Waals surface area contributed by atoms with Crippen LogP contribution in [-0.4, -0.2) is 51.4 Å². The van der Waals surface area contributed by atoms with Crippen LogP contribution < -0.4 is 5.73 Å². The van der Waals surface area contributed by atoms with Gasteiger partial charge in [0.15, 0.2) is 9.84 Å². The van der Waals surface area contributed by atoms with Crippen molar-refractivity contribution >= 4 is 9.84 Å². The lowest BCUT2D eigenvalue weighted by molar-refractivity contribution is -0.0778. The number of rotatable bonds is 3. The van der Waals surface area contributed by atoms with Crippen LogP contribution in [0.25, 0.3) is 0 Å². The van der Waals surface area contributed by atoms with Gasteiger partial charge >= 0.3 is 0 Å². The molecule has 6 heteroatoms. The van der Waals surface area contributed by atoms with E-state index in [9.17, 15) is 8.42 Å². The molecule has 0 aromatic rings. The Morgan fingerprint density at radius 3 is 2.81 bits per heavy atom. The van der Waals surface area contributed by atoms with Crippen LogP contribution in [0.1, 0.15) is 19.3 Å². The zero-order valence-corrected chi connectivity index (χ0v) is 10.2. The molecule has 1 spiro atoms. The molecule has 0 radical (unpaired) electrons. The van der Waals surface area contributed by atoms with Crippen molar-refractivity contribution < 1.29 is 17.9 Å². The predicted molar refractivity (Wildman–Crippen MR) is 60.0 cm³/mol. The Balaban J connectivity index is 2.07. The highest BCUT2D eigenvalue weighted by Gasteiger charge is 2.44. The van der Waals surface area contributed by atoms with Crippen LogP contribution >= 0.6 is 0 Å². The SMILES string of the molecule is NCCS(=O)(=O)C1CCOC2(CCOC2)C1. The standard InChI is InChI=1S/C10H19NO4S/c11-3-6-16(12,13)9-1-4-15-10(7-9)2-5-14-8-10/h9H,1-8,11H2. The Bertz CT molecular complexity index is 335. The van der Waals surface area contributed by atoms with Crippen molar-refractivity contribution in [2.45, 2.75) is 30.1 Å². The van der Waals surface area contributed by atoms with Gasteiger partial charge in [0.05, 0.1) is 23.2 Å². The maximum absolute atomic E-state index is 11.9. The van der Waals surface area contributed by atoms with E-state index in [4.69, 9.17) is 15.2 Å². The van der Waals surface area contributed by atoms with Crippen molar-refractivity contribution in [1.82, 2.24) is 0 Å². The fraction of sp³-hybridized carbons (Fsp3) is 1.00. The van der Waals surface area contributed by atoms with Gasteiger partial charge in [-0.2, -0.15) is 0 Å². The molecule has 16 heavy (non-hydrogen) atoms. The van der Waals surface area contributed by atoms with Crippen molar-refractivity contribution in [1.29, 1.82) is 0 Å². The monoisotopic (exact) mass is 249 g/mol. The zero-order chi connectivity index (χ0) is 11.6. The first-order valence-electron chi connectivity index (χ1n) is 5.71. The lowest BCUT2D eigenvalue weighted by Gasteiger charge is -2.36. The van der Waals surface area contributed by atoms with Gasteiger partial charge in [-0.3, -0.25) is 0 Å². The van der Waals surface area contributed by atoms with Crippen molar-refractivity contribution in [2.75, 3.05) is 32.1 Å². The van der Waals surface area contributed by atoms with Gasteiger partial charge in [0.2, 0.25) is 0 Å². The third kappa shape index (κ3) is 2.40. The summed E-state index contributed by atoms with van der Waals surface area (Å²) in [6.07, 6.45) is 1.96. The van der Waals surface area contributed by atoms with E-state index in [0.29, 0.717) is 32.7 Å². The molecule has 2 unspecified atom stereocenters. The minimum atomic E-state index is -3.06. The molecule has 2 saturated heterocycles. The molecule has 2 rings (SSSR count). The van der Waals surface area contributed by atoms with Gasteiger partial charge < -0.3 is 15.2 Å². The van der Waals surface area contributed by atoms with Gasteiger partial charge in [0.25, 0.3) is 0 Å². The van der Waals surface area contributed by atoms with E-state index in [1.165, 1.54) is 0 Å². The Morgan fingerprint density at radius 1 is 1.38 bits per heavy atom. The van der Waals surface area contributed by atoms with Crippen LogP contribution in [0.2, 0.25) is 0 Å². The molecule has 0 aromatic carbocycles. The van der Waals surface area contributed by atoms with Crippen LogP contribution in [0.4, 0.5) is 0 Å². The van der Waals surface area contributed by atoms with Gasteiger partial charge in [-0.25, -0.2) is 8.42 Å². The number of nitrogens with two attached hydrogens (primary N) is 1. The summed E-state index contributed by atoms with van der Waals surface area (Å²) >= 11 is 0. The zero-order valence-electron chi connectivity index (χ0n) is 9.35. The third-order valence-corrected chi connectivity index (χ3v) is 5.65. The molecular formula is C10H19NO4S. The van der Waals surface area contributed by atoms with Crippen molar-refractivity contribution in [2.24, 2.45) is 5.73 Å². The van der Waals surface area contributed by atoms with Crippen LogP contribution in [0.5, 0.6) is 0 Å². The number of ether oxygens (including phenoxy) is 2. The average Bonchev–Trinajstić information content (AvgIpc) is 2.66. The number of hydrogen-bond acceptors (Lipinski definition) is 5. The molecule has 0 aromatic heterocycles. The second-order valence-corrected chi connectivity index (χ2v) is 7.01. The van der Waals surface area contributed by atoms with Crippen molar-refractivity contribution in [3.8, 4) is 0 Å². The predicted octanol–water partition coefficient (Wildman–Crippen LogP) is -0.302. The number of hydrogen-bond donors (Lipinski definition) is 1. The van der Waals surface area contributed by atoms with E-state index in [-0.39, 0.29) is 23.1 Å². The minimum Gasteiger partial charge on any atom is -0.378 e. The van der Waals surface area contributed by atoms with Gasteiger partial charge in [0, 0.05) is 26.2 Å². The maximum atomic E-state index is 11.9. The molecular weight excluding hydrogens is 230 g/mol. The lowest BCUT2D eigenvalue weighted by atomic mass is 9.93. The Hall–Kier alpha value is -0.170. The molecule has 2 heterocycles. The van der Waals surface area contributed by atoms with Crippen molar-refractivity contribution in [3.63, 3.8) is 0 Å². The summed E-state index contributed by atoms with van der Waals surface area (Å²) in [6, 6.07) is 0. The molecule has 0 amide bonds. The van der Waals surface area contributed by atoms with Gasteiger partial charge in [-0.15, -0.1) is 0 Å². The van der Waals surface area contributed by atoms with Crippen LogP contribution in [0.3, 0.4) is 0 Å². The molecule has 2 aliphatic heterocycles. The molecule has 0 bridgehead atoms. The maximum Gasteiger partial charge on any atom is 0.154 e. The first-order chi connectivity index (χ1) is 7.58. The first kappa shape index (κ1) is 12.3. The van der Waals surface area contributed by atoms with E-state index < -0.39 is 9.84 Å². The molecule has 0 aliphatic carbocycles. The van der Waals surface area contributed by atoms with E-state index in [1.807, 2.05) is 0 Å². The Kier molecular flexibility index (Phi) is 3.53. The first-order valence-corrected chi connectivity index (χ1v) is 7.43. The third-order valence-electron chi connectivity index (χ3n) is 3.43. The quantitative estimate of drug-likeness (QED) is 0.743. The molecule has 94 valence electrons. The summed E-state index contributed by atoms with van der Waals surface area (Å²) in [6.45, 7) is 1.91. The van der Waals surface area contributed by atoms with Gasteiger partial charge in [0.1, 0.15) is 0 Å². The molecule has 2 fully saturated rings. The van der Waals surface area contributed by atoms with E-state index >= 15 is 0 Å². The minimum absolute atomic E-state index is 0.0780. The second-order valence-electron chi connectivity index (χ2n) is 4.60. The lowest BCUT2D eigenvalue weighted by Crippen LogP contribution is -2.46. The van der Waals surface area contributed by atoms with Gasteiger partial charge in [-0.05, 0) is 12.8 Å². The Labute approximate surface area is 96.2 Å². The van der Waals surface area contributed by atoms with Crippen LogP contribution in [0.15, 0.2) is 0 Å². The molecule has 5 nitrogen and oxygen atoms in total. The highest BCUT2D eigenvalue weighted by Crippen LogP contribution is 2.35. The van der Waals surface area contributed by atoms with E-state index in [1.54, 1.807) is 0 Å². The fourth-order valence-corrected chi connectivity index (χ4v) is 4.16. The second kappa shape index (κ2) is 4.60. The van der Waals surface area contributed by atoms with E-state index in [0.717, 1.165) is 6.42 Å². The molecule has 2 aliphatic rings. The van der Waals surface area contributed by atoms with Crippen LogP contribution in [-0.2, 0) is 19.3 Å². The molecule has 2 atom stereocenters. The molecule has 2 N–H and O–H groups in total. The highest BCUT2D eigenvalue weighted by atomic mass is 32.2. The summed E-state index contributed by atoms with van der Waals surface area (Å²) in [7, 11) is -3.06. The normalized spacial score (nSPS) is 35.7. The van der Waals surface area contributed by atoms with Crippen molar-refractivity contribution in [3.05, 3.63) is 0 Å². The van der Waals surface area contributed by atoms with E-state index in [2.05, 4.69) is 0 Å². The largest absolute Gasteiger partial charge is 0.378 e. The topological polar surface area (TPSA) is 78.6 Å². The summed E-state index contributed by atoms with van der Waals surface area (Å²) < 4.78 is 34.9. The summed E-state index contributed by atoms with van der Waals surface area (Å²) in [5.41, 5.74) is 4.99. The Morgan fingerprint density at radius 2 is 2.19 bits per heavy atom. The summed E-state index contributed by atoms with van der Waals surface area (Å²) in [5.74, 6) is 0.0780. The van der Waals surface area contributed by atoms with Crippen LogP contribution in [0, 0.1) is 0 Å². The fourth-order valence-electron chi connectivity index (χ4n) is 2.48. The molecule has 0 saturated carbocycles. The highest BCUT2D eigenvalue weighted by molar-refractivity contribution is 7.92. The number of sulfone groups is 1. The smallest absolute Gasteiger partial charge is 0.154 e. The average molecular weight is 249 g/mol. The summed E-state index contributed by atoms with van der Waals surface area (Å²) in [5, 5.41) is -0.300.